The fourth-order valence-corrected chi connectivity index (χ4v) is 3.05. The molecular weight excluding hydrogens is 248 g/mol. The molecule has 0 N–H and O–H groups in total. The van der Waals surface area contributed by atoms with E-state index in [0.717, 1.165) is 18.0 Å². The molecule has 1 aromatic heterocycles. The molecule has 0 aliphatic heterocycles. The number of para-hydroxylation sites is 1. The second-order valence-electron chi connectivity index (χ2n) is 5.58. The average Bonchev–Trinajstić information content (AvgIpc) is 3.17. The standard InChI is InChI=1S/C17H20N2O/c20-17(11-10-14-6-4-5-7-14)16-12-13-18-19(16)15-8-2-1-3-9-15/h1-3,8-9,12-14H,4-7,10-11H2. The maximum Gasteiger partial charge on any atom is 0.181 e. The minimum absolute atomic E-state index is 0.207. The lowest BCUT2D eigenvalue weighted by Gasteiger charge is -2.09. The highest BCUT2D eigenvalue weighted by Gasteiger charge is 2.18. The Morgan fingerprint density at radius 3 is 2.65 bits per heavy atom. The quantitative estimate of drug-likeness (QED) is 0.767. The highest BCUT2D eigenvalue weighted by molar-refractivity contribution is 5.94. The smallest absolute Gasteiger partial charge is 0.181 e. The Labute approximate surface area is 119 Å². The number of carbonyl (C=O) groups excluding carboxylic acids is 1. The van der Waals surface area contributed by atoms with E-state index in [1.807, 2.05) is 36.4 Å². The van der Waals surface area contributed by atoms with Crippen LogP contribution in [0.2, 0.25) is 0 Å². The maximum atomic E-state index is 12.4. The van der Waals surface area contributed by atoms with Gasteiger partial charge in [0.15, 0.2) is 5.78 Å². The Balaban J connectivity index is 1.70. The minimum atomic E-state index is 0.207. The Morgan fingerprint density at radius 1 is 1.15 bits per heavy atom. The van der Waals surface area contributed by atoms with Crippen molar-refractivity contribution in [2.75, 3.05) is 0 Å². The number of benzene rings is 1. The lowest BCUT2D eigenvalue weighted by Crippen LogP contribution is -2.10. The van der Waals surface area contributed by atoms with E-state index in [0.29, 0.717) is 12.1 Å². The Morgan fingerprint density at radius 2 is 1.90 bits per heavy atom. The average molecular weight is 268 g/mol. The van der Waals surface area contributed by atoms with Crippen LogP contribution in [0.1, 0.15) is 49.0 Å². The van der Waals surface area contributed by atoms with Crippen LogP contribution in [-0.2, 0) is 0 Å². The second kappa shape index (κ2) is 6.04. The number of aromatic nitrogens is 2. The van der Waals surface area contributed by atoms with E-state index in [1.165, 1.54) is 25.7 Å². The first kappa shape index (κ1) is 13.1. The minimum Gasteiger partial charge on any atom is -0.292 e. The van der Waals surface area contributed by atoms with E-state index in [2.05, 4.69) is 5.10 Å². The third-order valence-electron chi connectivity index (χ3n) is 4.18. The highest BCUT2D eigenvalue weighted by Crippen LogP contribution is 2.29. The molecule has 0 bridgehead atoms. The summed E-state index contributed by atoms with van der Waals surface area (Å²) in [6.45, 7) is 0. The van der Waals surface area contributed by atoms with Gasteiger partial charge in [0.05, 0.1) is 11.9 Å². The van der Waals surface area contributed by atoms with Crippen molar-refractivity contribution in [3.05, 3.63) is 48.3 Å². The van der Waals surface area contributed by atoms with E-state index < -0.39 is 0 Å². The van der Waals surface area contributed by atoms with Gasteiger partial charge in [-0.1, -0.05) is 43.9 Å². The summed E-state index contributed by atoms with van der Waals surface area (Å²) in [7, 11) is 0. The van der Waals surface area contributed by atoms with Crippen molar-refractivity contribution >= 4 is 5.78 Å². The van der Waals surface area contributed by atoms with Crippen LogP contribution in [0.15, 0.2) is 42.6 Å². The third-order valence-corrected chi connectivity index (χ3v) is 4.18. The van der Waals surface area contributed by atoms with E-state index >= 15 is 0 Å². The molecule has 0 atom stereocenters. The van der Waals surface area contributed by atoms with E-state index in [1.54, 1.807) is 10.9 Å². The SMILES string of the molecule is O=C(CCC1CCCC1)c1ccnn1-c1ccccc1. The molecule has 0 saturated heterocycles. The van der Waals surface area contributed by atoms with Crippen molar-refractivity contribution in [3.8, 4) is 5.69 Å². The molecule has 3 heteroatoms. The summed E-state index contributed by atoms with van der Waals surface area (Å²) in [5.74, 6) is 0.963. The molecule has 1 saturated carbocycles. The van der Waals surface area contributed by atoms with Crippen LogP contribution in [0.25, 0.3) is 5.69 Å². The van der Waals surface area contributed by atoms with Gasteiger partial charge in [0.2, 0.25) is 0 Å². The normalized spacial score (nSPS) is 15.6. The molecule has 3 nitrogen and oxygen atoms in total. The molecule has 2 aromatic rings. The van der Waals surface area contributed by atoms with Crippen LogP contribution in [-0.4, -0.2) is 15.6 Å². The van der Waals surface area contributed by atoms with Crippen LogP contribution < -0.4 is 0 Å². The summed E-state index contributed by atoms with van der Waals surface area (Å²) < 4.78 is 1.75. The number of carbonyl (C=O) groups is 1. The Kier molecular flexibility index (Phi) is 3.95. The first-order chi connectivity index (χ1) is 9.84. The molecule has 1 aromatic carbocycles. The van der Waals surface area contributed by atoms with E-state index in [9.17, 15) is 4.79 Å². The molecule has 20 heavy (non-hydrogen) atoms. The number of hydrogen-bond donors (Lipinski definition) is 0. The summed E-state index contributed by atoms with van der Waals surface area (Å²) in [5.41, 5.74) is 1.65. The summed E-state index contributed by atoms with van der Waals surface area (Å²) in [5, 5.41) is 4.28. The Bertz CT molecular complexity index is 568. The lowest BCUT2D eigenvalue weighted by molar-refractivity contribution is 0.0966. The number of rotatable bonds is 5. The third kappa shape index (κ3) is 2.82. The van der Waals surface area contributed by atoms with Gasteiger partial charge in [0.1, 0.15) is 5.69 Å². The predicted molar refractivity (Wildman–Crippen MR) is 79.1 cm³/mol. The fourth-order valence-electron chi connectivity index (χ4n) is 3.05. The molecule has 1 aliphatic rings. The number of ketones is 1. The molecule has 1 heterocycles. The van der Waals surface area contributed by atoms with Gasteiger partial charge in [-0.15, -0.1) is 0 Å². The summed E-state index contributed by atoms with van der Waals surface area (Å²) in [6, 6.07) is 11.7. The zero-order valence-corrected chi connectivity index (χ0v) is 11.7. The van der Waals surface area contributed by atoms with Crippen molar-refractivity contribution < 1.29 is 4.79 Å². The van der Waals surface area contributed by atoms with Gasteiger partial charge >= 0.3 is 0 Å². The molecule has 104 valence electrons. The largest absolute Gasteiger partial charge is 0.292 e. The van der Waals surface area contributed by atoms with Gasteiger partial charge in [0.25, 0.3) is 0 Å². The first-order valence-electron chi connectivity index (χ1n) is 7.47. The second-order valence-corrected chi connectivity index (χ2v) is 5.58. The topological polar surface area (TPSA) is 34.9 Å². The first-order valence-corrected chi connectivity index (χ1v) is 7.47. The molecule has 0 spiro atoms. The van der Waals surface area contributed by atoms with Crippen LogP contribution in [0.3, 0.4) is 0 Å². The molecule has 1 aliphatic carbocycles. The highest BCUT2D eigenvalue weighted by atomic mass is 16.1. The summed E-state index contributed by atoms with van der Waals surface area (Å²) in [6.07, 6.45) is 8.63. The monoisotopic (exact) mass is 268 g/mol. The molecule has 0 radical (unpaired) electrons. The number of Topliss-reactive ketones (excluding diaryl/α,β-unsaturated/α-hetero) is 1. The van der Waals surface area contributed by atoms with Gasteiger partial charge in [-0.05, 0) is 30.5 Å². The van der Waals surface area contributed by atoms with Crippen molar-refractivity contribution in [3.63, 3.8) is 0 Å². The summed E-state index contributed by atoms with van der Waals surface area (Å²) in [4.78, 5) is 12.4. The van der Waals surface area contributed by atoms with Gasteiger partial charge in [-0.2, -0.15) is 5.10 Å². The van der Waals surface area contributed by atoms with Crippen molar-refractivity contribution in [1.29, 1.82) is 0 Å². The molecule has 0 unspecified atom stereocenters. The zero-order valence-electron chi connectivity index (χ0n) is 11.7. The Hall–Kier alpha value is -1.90. The van der Waals surface area contributed by atoms with Crippen LogP contribution in [0.5, 0.6) is 0 Å². The van der Waals surface area contributed by atoms with Crippen LogP contribution in [0, 0.1) is 5.92 Å². The predicted octanol–water partition coefficient (Wildman–Crippen LogP) is 4.03. The van der Waals surface area contributed by atoms with Gasteiger partial charge in [-0.25, -0.2) is 4.68 Å². The van der Waals surface area contributed by atoms with Crippen LogP contribution in [0.4, 0.5) is 0 Å². The lowest BCUT2D eigenvalue weighted by atomic mass is 9.99. The van der Waals surface area contributed by atoms with E-state index in [4.69, 9.17) is 0 Å². The van der Waals surface area contributed by atoms with Gasteiger partial charge in [-0.3, -0.25) is 4.79 Å². The van der Waals surface area contributed by atoms with Crippen molar-refractivity contribution in [2.24, 2.45) is 5.92 Å². The molecule has 0 amide bonds. The van der Waals surface area contributed by atoms with E-state index in [-0.39, 0.29) is 5.78 Å². The molecular formula is C17H20N2O. The number of hydrogen-bond acceptors (Lipinski definition) is 2. The van der Waals surface area contributed by atoms with Gasteiger partial charge < -0.3 is 0 Å². The fraction of sp³-hybridized carbons (Fsp3) is 0.412. The number of nitrogens with zero attached hydrogens (tertiary/aromatic N) is 2. The van der Waals surface area contributed by atoms with Gasteiger partial charge in [0, 0.05) is 6.42 Å². The van der Waals surface area contributed by atoms with Crippen molar-refractivity contribution in [1.82, 2.24) is 9.78 Å². The van der Waals surface area contributed by atoms with Crippen LogP contribution >= 0.6 is 0 Å². The zero-order chi connectivity index (χ0) is 13.8. The van der Waals surface area contributed by atoms with Crippen molar-refractivity contribution in [2.45, 2.75) is 38.5 Å². The molecule has 3 rings (SSSR count). The summed E-state index contributed by atoms with van der Waals surface area (Å²) >= 11 is 0. The maximum absolute atomic E-state index is 12.4. The molecule has 1 fully saturated rings.